The molecule has 0 aromatic rings. The van der Waals surface area contributed by atoms with Crippen molar-refractivity contribution in [3.05, 3.63) is 34.9 Å². The fourth-order valence-electron chi connectivity index (χ4n) is 8.43. The first-order chi connectivity index (χ1) is 16.2. The molecule has 0 heterocycles. The van der Waals surface area contributed by atoms with Gasteiger partial charge in [-0.25, -0.2) is 0 Å². The average molecular weight is 487 g/mol. The molecule has 1 fully saturated rings. The largest absolute Gasteiger partial charge is 0.481 e. The number of allylic oxidation sites excluding steroid dienone is 5. The third-order valence-corrected chi connectivity index (χ3v) is 10.3. The van der Waals surface area contributed by atoms with E-state index in [1.165, 1.54) is 16.7 Å². The molecule has 35 heavy (non-hydrogen) atoms. The maximum absolute atomic E-state index is 12.5. The molecule has 1 unspecified atom stereocenters. The fourth-order valence-corrected chi connectivity index (χ4v) is 8.43. The van der Waals surface area contributed by atoms with Gasteiger partial charge in [0.2, 0.25) is 0 Å². The number of aliphatic hydroxyl groups excluding tert-OH is 1. The van der Waals surface area contributed by atoms with Crippen molar-refractivity contribution in [3.8, 4) is 0 Å². The number of aliphatic carboxylic acids is 2. The topological polar surface area (TPSA) is 94.8 Å². The third-order valence-electron chi connectivity index (χ3n) is 10.3. The normalized spacial score (nSPS) is 37.3. The Labute approximate surface area is 211 Å². The predicted molar refractivity (Wildman–Crippen MR) is 139 cm³/mol. The van der Waals surface area contributed by atoms with Crippen molar-refractivity contribution in [2.24, 2.45) is 34.0 Å². The second-order valence-corrected chi connectivity index (χ2v) is 12.6. The van der Waals surface area contributed by atoms with E-state index in [0.29, 0.717) is 25.7 Å². The van der Waals surface area contributed by atoms with Crippen molar-refractivity contribution in [3.63, 3.8) is 0 Å². The van der Waals surface area contributed by atoms with Gasteiger partial charge in [0.15, 0.2) is 0 Å². The Morgan fingerprint density at radius 3 is 2.31 bits per heavy atom. The highest BCUT2D eigenvalue weighted by atomic mass is 16.4. The molecule has 0 aromatic heterocycles. The van der Waals surface area contributed by atoms with E-state index >= 15 is 0 Å². The number of hydrogen-bond acceptors (Lipinski definition) is 3. The van der Waals surface area contributed by atoms with Crippen LogP contribution in [0.2, 0.25) is 0 Å². The SMILES string of the molecule is C=C(C)[C@@H]1CCC2=C(CC[C@]3(C)[C@@H](C(CCC=C(C)C)C(=O)O)[C@H](O)C[C@@]23C)[C@@]1(C)CCC(=O)O. The van der Waals surface area contributed by atoms with E-state index in [0.717, 1.165) is 31.3 Å². The van der Waals surface area contributed by atoms with Crippen LogP contribution in [-0.2, 0) is 9.59 Å². The minimum absolute atomic E-state index is 0.127. The van der Waals surface area contributed by atoms with Crippen molar-refractivity contribution in [2.45, 2.75) is 105 Å². The molecule has 0 amide bonds. The summed E-state index contributed by atoms with van der Waals surface area (Å²) in [6.07, 6.45) is 7.46. The van der Waals surface area contributed by atoms with Gasteiger partial charge in [-0.3, -0.25) is 9.59 Å². The molecule has 0 saturated heterocycles. The second-order valence-electron chi connectivity index (χ2n) is 12.6. The first-order valence-corrected chi connectivity index (χ1v) is 13.3. The number of carboxylic acid groups (broad SMARTS) is 2. The molecule has 5 heteroatoms. The number of carbonyl (C=O) groups is 2. The summed E-state index contributed by atoms with van der Waals surface area (Å²) in [5.41, 5.74) is 4.15. The van der Waals surface area contributed by atoms with Crippen molar-refractivity contribution in [1.82, 2.24) is 0 Å². The molecule has 7 atom stereocenters. The van der Waals surface area contributed by atoms with Crippen LogP contribution >= 0.6 is 0 Å². The van der Waals surface area contributed by atoms with Crippen LogP contribution in [0.1, 0.15) is 99.3 Å². The van der Waals surface area contributed by atoms with Crippen molar-refractivity contribution >= 4 is 11.9 Å². The summed E-state index contributed by atoms with van der Waals surface area (Å²) in [7, 11) is 0. The zero-order valence-electron chi connectivity index (χ0n) is 22.6. The molecule has 0 radical (unpaired) electrons. The summed E-state index contributed by atoms with van der Waals surface area (Å²) in [6, 6.07) is 0. The van der Waals surface area contributed by atoms with Gasteiger partial charge >= 0.3 is 11.9 Å². The molecule has 0 spiro atoms. The Morgan fingerprint density at radius 1 is 1.11 bits per heavy atom. The van der Waals surface area contributed by atoms with Gasteiger partial charge in [0.05, 0.1) is 12.0 Å². The molecule has 3 N–H and O–H groups in total. The van der Waals surface area contributed by atoms with Gasteiger partial charge in [-0.1, -0.05) is 55.7 Å². The van der Waals surface area contributed by atoms with E-state index in [-0.39, 0.29) is 34.5 Å². The van der Waals surface area contributed by atoms with E-state index in [1.807, 2.05) is 13.8 Å². The molecule has 3 rings (SSSR count). The van der Waals surface area contributed by atoms with E-state index in [1.54, 1.807) is 0 Å². The summed E-state index contributed by atoms with van der Waals surface area (Å²) in [4.78, 5) is 24.0. The summed E-state index contributed by atoms with van der Waals surface area (Å²) in [5.74, 6) is -2.22. The van der Waals surface area contributed by atoms with Crippen LogP contribution in [0.4, 0.5) is 0 Å². The Bertz CT molecular complexity index is 940. The first-order valence-electron chi connectivity index (χ1n) is 13.3. The number of aliphatic hydroxyl groups is 1. The Balaban J connectivity index is 2.06. The Hall–Kier alpha value is -1.88. The van der Waals surface area contributed by atoms with Crippen molar-refractivity contribution in [1.29, 1.82) is 0 Å². The number of carboxylic acids is 2. The number of hydrogen-bond donors (Lipinski definition) is 3. The summed E-state index contributed by atoms with van der Waals surface area (Å²) >= 11 is 0. The maximum atomic E-state index is 12.5. The number of fused-ring (bicyclic) bond motifs is 2. The molecule has 0 aromatic carbocycles. The molecule has 0 aliphatic heterocycles. The molecule has 3 aliphatic carbocycles. The first kappa shape index (κ1) is 27.7. The fraction of sp³-hybridized carbons (Fsp3) is 0.733. The highest BCUT2D eigenvalue weighted by molar-refractivity contribution is 5.71. The van der Waals surface area contributed by atoms with Gasteiger partial charge in [0, 0.05) is 12.3 Å². The lowest BCUT2D eigenvalue weighted by atomic mass is 9.47. The monoisotopic (exact) mass is 486 g/mol. The quantitative estimate of drug-likeness (QED) is 0.312. The Morgan fingerprint density at radius 2 is 1.77 bits per heavy atom. The van der Waals surface area contributed by atoms with Crippen LogP contribution < -0.4 is 0 Å². The standard InChI is InChI=1S/C30H46O5/c1-18(2)9-8-10-20(27(34)35)26-24(31)17-30(7)23-12-11-21(19(3)4)28(5,15-14-25(32)33)22(23)13-16-29(26,30)6/h9,20-21,24,26,31H,3,8,10-17H2,1-2,4-7H3,(H,32,33)(H,34,35)/t20?,21-,24+,26-,28-,29+,30-/m0/s1. The van der Waals surface area contributed by atoms with Crippen molar-refractivity contribution < 1.29 is 24.9 Å². The molecule has 0 bridgehead atoms. The zero-order valence-corrected chi connectivity index (χ0v) is 22.6. The molecule has 5 nitrogen and oxygen atoms in total. The van der Waals surface area contributed by atoms with Gasteiger partial charge < -0.3 is 15.3 Å². The van der Waals surface area contributed by atoms with Crippen LogP contribution in [-0.4, -0.2) is 33.4 Å². The summed E-state index contributed by atoms with van der Waals surface area (Å²) in [6.45, 7) is 17.1. The van der Waals surface area contributed by atoms with E-state index in [4.69, 9.17) is 0 Å². The smallest absolute Gasteiger partial charge is 0.306 e. The molecular weight excluding hydrogens is 440 g/mol. The molecule has 1 saturated carbocycles. The summed E-state index contributed by atoms with van der Waals surface area (Å²) < 4.78 is 0. The van der Waals surface area contributed by atoms with Crippen molar-refractivity contribution in [2.75, 3.05) is 0 Å². The minimum atomic E-state index is -0.807. The number of rotatable bonds is 9. The second kappa shape index (κ2) is 9.88. The van der Waals surface area contributed by atoms with Crippen LogP contribution in [0.25, 0.3) is 0 Å². The van der Waals surface area contributed by atoms with Crippen LogP contribution in [0.15, 0.2) is 34.9 Å². The lowest BCUT2D eigenvalue weighted by molar-refractivity contribution is -0.148. The van der Waals surface area contributed by atoms with Crippen LogP contribution in [0.5, 0.6) is 0 Å². The third kappa shape index (κ3) is 4.65. The molecule has 3 aliphatic rings. The maximum Gasteiger partial charge on any atom is 0.306 e. The van der Waals surface area contributed by atoms with E-state index < -0.39 is 24.0 Å². The highest BCUT2D eigenvalue weighted by Gasteiger charge is 2.65. The van der Waals surface area contributed by atoms with Crippen LogP contribution in [0, 0.1) is 34.0 Å². The highest BCUT2D eigenvalue weighted by Crippen LogP contribution is 2.71. The van der Waals surface area contributed by atoms with Gasteiger partial charge in [-0.2, -0.15) is 0 Å². The lowest BCUT2D eigenvalue weighted by Gasteiger charge is -2.57. The summed E-state index contributed by atoms with van der Waals surface area (Å²) in [5, 5.41) is 31.1. The van der Waals surface area contributed by atoms with Gasteiger partial charge in [0.25, 0.3) is 0 Å². The zero-order chi connectivity index (χ0) is 26.3. The predicted octanol–water partition coefficient (Wildman–Crippen LogP) is 6.77. The van der Waals surface area contributed by atoms with Gasteiger partial charge in [-0.05, 0) is 94.3 Å². The molecule has 196 valence electrons. The van der Waals surface area contributed by atoms with Crippen LogP contribution in [0.3, 0.4) is 0 Å². The Kier molecular flexibility index (Phi) is 7.82. The lowest BCUT2D eigenvalue weighted by Crippen LogP contribution is -2.49. The average Bonchev–Trinajstić information content (AvgIpc) is 2.95. The van der Waals surface area contributed by atoms with Gasteiger partial charge in [-0.15, -0.1) is 0 Å². The minimum Gasteiger partial charge on any atom is -0.481 e. The van der Waals surface area contributed by atoms with E-state index in [2.05, 4.69) is 40.3 Å². The van der Waals surface area contributed by atoms with E-state index in [9.17, 15) is 24.9 Å². The molecular formula is C30H46O5. The van der Waals surface area contributed by atoms with Gasteiger partial charge in [0.1, 0.15) is 0 Å².